The molecule has 0 atom stereocenters. The van der Waals surface area contributed by atoms with Gasteiger partial charge in [0.25, 0.3) is 0 Å². The van der Waals surface area contributed by atoms with E-state index in [1.54, 1.807) is 0 Å². The lowest BCUT2D eigenvalue weighted by Gasteiger charge is -2.02. The predicted molar refractivity (Wildman–Crippen MR) is 60.7 cm³/mol. The van der Waals surface area contributed by atoms with Gasteiger partial charge in [-0.05, 0) is 34.7 Å². The maximum Gasteiger partial charge on any atom is 0.312 e. The van der Waals surface area contributed by atoms with Crippen LogP contribution in [0.25, 0.3) is 0 Å². The van der Waals surface area contributed by atoms with Crippen molar-refractivity contribution in [2.24, 2.45) is 5.73 Å². The number of carbonyl (C=O) groups excluding carboxylic acids is 1. The third-order valence-electron chi connectivity index (χ3n) is 1.53. The van der Waals surface area contributed by atoms with Crippen molar-refractivity contribution in [3.8, 4) is 0 Å². The summed E-state index contributed by atoms with van der Waals surface area (Å²) >= 11 is 2.11. The summed E-state index contributed by atoms with van der Waals surface area (Å²) in [7, 11) is 0. The predicted octanol–water partition coefficient (Wildman–Crippen LogP) is 0.642. The van der Waals surface area contributed by atoms with Crippen LogP contribution in [0.5, 0.6) is 0 Å². The molecule has 1 aromatic rings. The first-order valence-corrected chi connectivity index (χ1v) is 5.24. The first-order valence-electron chi connectivity index (χ1n) is 4.16. The number of hydrogen-bond acceptors (Lipinski definition) is 3. The van der Waals surface area contributed by atoms with Crippen LogP contribution in [0.15, 0.2) is 16.5 Å². The molecule has 1 rings (SSSR count). The lowest BCUT2D eigenvalue weighted by atomic mass is 10.4. The zero-order chi connectivity index (χ0) is 10.4. The van der Waals surface area contributed by atoms with Gasteiger partial charge in [0, 0.05) is 13.1 Å². The summed E-state index contributed by atoms with van der Waals surface area (Å²) < 4.78 is 6.19. The van der Waals surface area contributed by atoms with Crippen molar-refractivity contribution in [2.45, 2.75) is 6.54 Å². The number of nitrogens with two attached hydrogens (primary N) is 1. The summed E-state index contributed by atoms with van der Waals surface area (Å²) in [6.45, 7) is 1.84. The molecule has 0 saturated heterocycles. The van der Waals surface area contributed by atoms with Gasteiger partial charge in [0.15, 0.2) is 3.77 Å². The molecule has 0 bridgehead atoms. The normalized spacial score (nSPS) is 10.1. The molecule has 4 N–H and O–H groups in total. The van der Waals surface area contributed by atoms with Crippen molar-refractivity contribution in [1.82, 2.24) is 10.6 Å². The number of hydrogen-bond donors (Lipinski definition) is 3. The van der Waals surface area contributed by atoms with Crippen LogP contribution in [0.4, 0.5) is 4.79 Å². The van der Waals surface area contributed by atoms with Crippen LogP contribution in [0.1, 0.15) is 5.76 Å². The van der Waals surface area contributed by atoms with E-state index in [0.29, 0.717) is 19.6 Å². The van der Waals surface area contributed by atoms with Gasteiger partial charge >= 0.3 is 6.03 Å². The Bertz CT molecular complexity index is 301. The largest absolute Gasteiger partial charge is 0.454 e. The fraction of sp³-hybridized carbons (Fsp3) is 0.375. The summed E-state index contributed by atoms with van der Waals surface area (Å²) in [6, 6.07) is 3.31. The zero-order valence-corrected chi connectivity index (χ0v) is 9.71. The highest BCUT2D eigenvalue weighted by molar-refractivity contribution is 14.1. The number of halogens is 1. The average Bonchev–Trinajstić information content (AvgIpc) is 2.50. The molecular formula is C8H12IN3O2. The number of primary amides is 1. The van der Waals surface area contributed by atoms with Crippen LogP contribution in [0.2, 0.25) is 0 Å². The molecule has 0 spiro atoms. The third kappa shape index (κ3) is 4.47. The highest BCUT2D eigenvalue weighted by atomic mass is 127. The molecule has 1 aromatic heterocycles. The van der Waals surface area contributed by atoms with Crippen LogP contribution in [0, 0.1) is 3.77 Å². The van der Waals surface area contributed by atoms with E-state index < -0.39 is 6.03 Å². The van der Waals surface area contributed by atoms with Crippen molar-refractivity contribution < 1.29 is 9.21 Å². The van der Waals surface area contributed by atoms with E-state index in [-0.39, 0.29) is 0 Å². The minimum absolute atomic E-state index is 0.501. The van der Waals surface area contributed by atoms with Gasteiger partial charge in [0.2, 0.25) is 0 Å². The van der Waals surface area contributed by atoms with Gasteiger partial charge in [-0.1, -0.05) is 0 Å². The van der Waals surface area contributed by atoms with E-state index in [4.69, 9.17) is 10.2 Å². The standard InChI is InChI=1S/C8H12IN3O2/c9-7-2-1-6(14-7)5-11-3-4-12-8(10)13/h1-2,11H,3-5H2,(H3,10,12,13). The molecule has 78 valence electrons. The Balaban J connectivity index is 2.07. The molecule has 0 aliphatic carbocycles. The highest BCUT2D eigenvalue weighted by Gasteiger charge is 1.98. The maximum absolute atomic E-state index is 10.3. The van der Waals surface area contributed by atoms with E-state index in [1.807, 2.05) is 12.1 Å². The van der Waals surface area contributed by atoms with Gasteiger partial charge in [-0.2, -0.15) is 0 Å². The van der Waals surface area contributed by atoms with Crippen LogP contribution in [-0.4, -0.2) is 19.1 Å². The van der Waals surface area contributed by atoms with Crippen LogP contribution >= 0.6 is 22.6 Å². The molecular weight excluding hydrogens is 297 g/mol. The lowest BCUT2D eigenvalue weighted by molar-refractivity contribution is 0.249. The second-order valence-electron chi connectivity index (χ2n) is 2.67. The Kier molecular flexibility index (Phi) is 4.74. The number of furan rings is 1. The van der Waals surface area contributed by atoms with Crippen molar-refractivity contribution in [2.75, 3.05) is 13.1 Å². The maximum atomic E-state index is 10.3. The lowest BCUT2D eigenvalue weighted by Crippen LogP contribution is -2.35. The summed E-state index contributed by atoms with van der Waals surface area (Å²) in [5.74, 6) is 0.883. The molecule has 0 aliphatic heterocycles. The molecule has 14 heavy (non-hydrogen) atoms. The quantitative estimate of drug-likeness (QED) is 0.552. The van der Waals surface area contributed by atoms with Gasteiger partial charge in [0.05, 0.1) is 6.54 Å². The van der Waals surface area contributed by atoms with Crippen LogP contribution in [-0.2, 0) is 6.54 Å². The van der Waals surface area contributed by atoms with E-state index in [0.717, 1.165) is 9.53 Å². The topological polar surface area (TPSA) is 80.3 Å². The first-order chi connectivity index (χ1) is 6.68. The summed E-state index contributed by atoms with van der Waals surface area (Å²) in [4.78, 5) is 10.3. The monoisotopic (exact) mass is 309 g/mol. The average molecular weight is 309 g/mol. The fourth-order valence-corrected chi connectivity index (χ4v) is 1.40. The summed E-state index contributed by atoms with van der Waals surface area (Å²) in [5, 5.41) is 5.58. The molecule has 6 heteroatoms. The van der Waals surface area contributed by atoms with Gasteiger partial charge in [-0.3, -0.25) is 0 Å². The van der Waals surface area contributed by atoms with Crippen molar-refractivity contribution in [3.63, 3.8) is 0 Å². The molecule has 5 nitrogen and oxygen atoms in total. The van der Waals surface area contributed by atoms with Gasteiger partial charge < -0.3 is 20.8 Å². The Morgan fingerprint density at radius 1 is 1.50 bits per heavy atom. The SMILES string of the molecule is NC(=O)NCCNCc1ccc(I)o1. The second-order valence-corrected chi connectivity index (χ2v) is 3.74. The smallest absolute Gasteiger partial charge is 0.312 e. The molecule has 0 aliphatic rings. The number of rotatable bonds is 5. The molecule has 0 saturated carbocycles. The van der Waals surface area contributed by atoms with E-state index in [2.05, 4.69) is 33.2 Å². The Labute approximate surface area is 95.5 Å². The van der Waals surface area contributed by atoms with Crippen LogP contribution in [0.3, 0.4) is 0 Å². The van der Waals surface area contributed by atoms with E-state index >= 15 is 0 Å². The summed E-state index contributed by atoms with van der Waals surface area (Å²) in [6.07, 6.45) is 0. The number of amides is 2. The van der Waals surface area contributed by atoms with Crippen molar-refractivity contribution in [1.29, 1.82) is 0 Å². The van der Waals surface area contributed by atoms with Gasteiger partial charge in [0.1, 0.15) is 5.76 Å². The molecule has 1 heterocycles. The molecule has 0 fully saturated rings. The van der Waals surface area contributed by atoms with E-state index in [9.17, 15) is 4.79 Å². The third-order valence-corrected chi connectivity index (χ3v) is 2.11. The van der Waals surface area contributed by atoms with Gasteiger partial charge in [-0.15, -0.1) is 0 Å². The molecule has 0 radical (unpaired) electrons. The highest BCUT2D eigenvalue weighted by Crippen LogP contribution is 2.09. The Morgan fingerprint density at radius 3 is 2.86 bits per heavy atom. The van der Waals surface area contributed by atoms with Gasteiger partial charge in [-0.25, -0.2) is 4.79 Å². The summed E-state index contributed by atoms with van der Waals surface area (Å²) in [5.41, 5.74) is 4.89. The minimum Gasteiger partial charge on any atom is -0.454 e. The Hall–Kier alpha value is -0.760. The molecule has 2 amide bonds. The minimum atomic E-state index is -0.501. The number of urea groups is 1. The van der Waals surface area contributed by atoms with Crippen molar-refractivity contribution in [3.05, 3.63) is 21.7 Å². The molecule has 0 unspecified atom stereocenters. The first kappa shape index (κ1) is 11.3. The van der Waals surface area contributed by atoms with Crippen molar-refractivity contribution >= 4 is 28.6 Å². The fourth-order valence-electron chi connectivity index (χ4n) is 0.932. The Morgan fingerprint density at radius 2 is 2.29 bits per heavy atom. The number of carbonyl (C=O) groups is 1. The number of nitrogens with one attached hydrogen (secondary N) is 2. The second kappa shape index (κ2) is 5.86. The van der Waals surface area contributed by atoms with E-state index in [1.165, 1.54) is 0 Å². The van der Waals surface area contributed by atoms with Crippen LogP contribution < -0.4 is 16.4 Å². The molecule has 0 aromatic carbocycles. The zero-order valence-electron chi connectivity index (χ0n) is 7.55.